The van der Waals surface area contributed by atoms with Crippen LogP contribution < -0.4 is 10.1 Å². The third-order valence-corrected chi connectivity index (χ3v) is 3.67. The zero-order valence-corrected chi connectivity index (χ0v) is 10.8. The van der Waals surface area contributed by atoms with Crippen LogP contribution in [0.4, 0.5) is 5.69 Å². The number of carbonyl (C=O) groups is 1. The molecule has 0 unspecified atom stereocenters. The van der Waals surface area contributed by atoms with Gasteiger partial charge in [0.2, 0.25) is 0 Å². The maximum absolute atomic E-state index is 11.5. The Balaban J connectivity index is 2.24. The number of hydrogen-bond acceptors (Lipinski definition) is 3. The van der Waals surface area contributed by atoms with Crippen molar-refractivity contribution in [3.05, 3.63) is 23.8 Å². The number of carboxylic acid groups (broad SMARTS) is 1. The van der Waals surface area contributed by atoms with Gasteiger partial charge in [0.15, 0.2) is 0 Å². The molecule has 1 aliphatic rings. The lowest BCUT2D eigenvalue weighted by Gasteiger charge is -2.27. The van der Waals surface area contributed by atoms with Gasteiger partial charge in [0.05, 0.1) is 7.11 Å². The second-order valence-electron chi connectivity index (χ2n) is 4.90. The van der Waals surface area contributed by atoms with Crippen LogP contribution in [0.25, 0.3) is 0 Å². The van der Waals surface area contributed by atoms with Crippen LogP contribution in [0, 0.1) is 6.92 Å². The van der Waals surface area contributed by atoms with Gasteiger partial charge >= 0.3 is 5.97 Å². The molecule has 0 saturated heterocycles. The van der Waals surface area contributed by atoms with Crippen LogP contribution in [0.1, 0.15) is 31.2 Å². The first-order valence-electron chi connectivity index (χ1n) is 6.24. The lowest BCUT2D eigenvalue weighted by Crippen LogP contribution is -2.43. The summed E-state index contributed by atoms with van der Waals surface area (Å²) in [6, 6.07) is 5.64. The molecule has 98 valence electrons. The van der Waals surface area contributed by atoms with Crippen LogP contribution in [-0.4, -0.2) is 23.7 Å². The van der Waals surface area contributed by atoms with E-state index in [-0.39, 0.29) is 0 Å². The minimum atomic E-state index is -0.792. The molecule has 0 amide bonds. The fourth-order valence-corrected chi connectivity index (χ4v) is 2.53. The van der Waals surface area contributed by atoms with E-state index in [4.69, 9.17) is 4.74 Å². The SMILES string of the molecule is COc1ccc(NC2(C(=O)O)CCCC2)c(C)c1. The van der Waals surface area contributed by atoms with Crippen molar-refractivity contribution in [1.29, 1.82) is 0 Å². The Bertz CT molecular complexity index is 450. The third-order valence-electron chi connectivity index (χ3n) is 3.67. The first kappa shape index (κ1) is 12.7. The monoisotopic (exact) mass is 249 g/mol. The average Bonchev–Trinajstić information content (AvgIpc) is 2.81. The predicted molar refractivity (Wildman–Crippen MR) is 70.2 cm³/mol. The molecule has 1 aromatic carbocycles. The van der Waals surface area contributed by atoms with E-state index in [1.807, 2.05) is 25.1 Å². The standard InChI is InChI=1S/C14H19NO3/c1-10-9-11(18-2)5-6-12(10)15-14(13(16)17)7-3-4-8-14/h5-6,9,15H,3-4,7-8H2,1-2H3,(H,16,17). The molecule has 0 bridgehead atoms. The van der Waals surface area contributed by atoms with Crippen molar-refractivity contribution in [3.63, 3.8) is 0 Å². The van der Waals surface area contributed by atoms with Crippen LogP contribution in [-0.2, 0) is 4.79 Å². The largest absolute Gasteiger partial charge is 0.497 e. The number of ether oxygens (including phenoxy) is 1. The van der Waals surface area contributed by atoms with Gasteiger partial charge in [-0.1, -0.05) is 12.8 Å². The summed E-state index contributed by atoms with van der Waals surface area (Å²) in [5, 5.41) is 12.6. The first-order valence-corrected chi connectivity index (χ1v) is 6.24. The Morgan fingerprint density at radius 3 is 2.56 bits per heavy atom. The quantitative estimate of drug-likeness (QED) is 0.861. The zero-order chi connectivity index (χ0) is 13.2. The number of anilines is 1. The molecule has 1 fully saturated rings. The Hall–Kier alpha value is -1.71. The number of aliphatic carboxylic acids is 1. The van der Waals surface area contributed by atoms with Crippen molar-refractivity contribution in [2.75, 3.05) is 12.4 Å². The van der Waals surface area contributed by atoms with Gasteiger partial charge in [-0.05, 0) is 43.5 Å². The van der Waals surface area contributed by atoms with E-state index < -0.39 is 11.5 Å². The van der Waals surface area contributed by atoms with Gasteiger partial charge in [0.1, 0.15) is 11.3 Å². The fraction of sp³-hybridized carbons (Fsp3) is 0.500. The topological polar surface area (TPSA) is 58.6 Å². The summed E-state index contributed by atoms with van der Waals surface area (Å²) in [5.74, 6) is 0.0315. The smallest absolute Gasteiger partial charge is 0.329 e. The Morgan fingerprint density at radius 2 is 2.06 bits per heavy atom. The molecule has 0 aromatic heterocycles. The molecule has 0 atom stereocenters. The molecule has 0 radical (unpaired) electrons. The van der Waals surface area contributed by atoms with Crippen LogP contribution in [0.3, 0.4) is 0 Å². The number of carboxylic acids is 1. The molecule has 2 N–H and O–H groups in total. The van der Waals surface area contributed by atoms with E-state index in [9.17, 15) is 9.90 Å². The number of hydrogen-bond donors (Lipinski definition) is 2. The zero-order valence-electron chi connectivity index (χ0n) is 10.8. The van der Waals surface area contributed by atoms with E-state index in [0.717, 1.165) is 29.8 Å². The Morgan fingerprint density at radius 1 is 1.39 bits per heavy atom. The summed E-state index contributed by atoms with van der Waals surface area (Å²) in [6.45, 7) is 1.95. The van der Waals surface area contributed by atoms with E-state index >= 15 is 0 Å². The molecule has 2 rings (SSSR count). The molecular formula is C14H19NO3. The molecule has 0 aliphatic heterocycles. The third kappa shape index (κ3) is 2.28. The van der Waals surface area contributed by atoms with Gasteiger partial charge in [-0.25, -0.2) is 4.79 Å². The lowest BCUT2D eigenvalue weighted by molar-refractivity contribution is -0.142. The van der Waals surface area contributed by atoms with Crippen molar-refractivity contribution in [2.24, 2.45) is 0 Å². The van der Waals surface area contributed by atoms with Crippen molar-refractivity contribution < 1.29 is 14.6 Å². The summed E-state index contributed by atoms with van der Waals surface area (Å²) in [6.07, 6.45) is 3.31. The summed E-state index contributed by atoms with van der Waals surface area (Å²) in [7, 11) is 1.62. The molecule has 1 saturated carbocycles. The van der Waals surface area contributed by atoms with Crippen molar-refractivity contribution in [2.45, 2.75) is 38.1 Å². The normalized spacial score (nSPS) is 17.4. The van der Waals surface area contributed by atoms with E-state index in [0.29, 0.717) is 12.8 Å². The number of benzene rings is 1. The lowest BCUT2D eigenvalue weighted by atomic mass is 9.96. The molecule has 1 aromatic rings. The summed E-state index contributed by atoms with van der Waals surface area (Å²) in [4.78, 5) is 11.5. The second kappa shape index (κ2) is 4.88. The van der Waals surface area contributed by atoms with E-state index in [1.165, 1.54) is 0 Å². The Labute approximate surface area is 107 Å². The summed E-state index contributed by atoms with van der Waals surface area (Å²) < 4.78 is 5.15. The Kier molecular flexibility index (Phi) is 3.45. The van der Waals surface area contributed by atoms with E-state index in [1.54, 1.807) is 7.11 Å². The molecule has 0 heterocycles. The first-order chi connectivity index (χ1) is 8.57. The van der Waals surface area contributed by atoms with E-state index in [2.05, 4.69) is 5.32 Å². The molecule has 0 spiro atoms. The molecule has 4 nitrogen and oxygen atoms in total. The number of methoxy groups -OCH3 is 1. The summed E-state index contributed by atoms with van der Waals surface area (Å²) >= 11 is 0. The second-order valence-corrected chi connectivity index (χ2v) is 4.90. The van der Waals surface area contributed by atoms with Crippen molar-refractivity contribution in [3.8, 4) is 5.75 Å². The minimum Gasteiger partial charge on any atom is -0.497 e. The van der Waals surface area contributed by atoms with Gasteiger partial charge in [-0.15, -0.1) is 0 Å². The highest BCUT2D eigenvalue weighted by molar-refractivity contribution is 5.83. The highest BCUT2D eigenvalue weighted by atomic mass is 16.5. The number of nitrogens with one attached hydrogen (secondary N) is 1. The molecule has 18 heavy (non-hydrogen) atoms. The van der Waals surface area contributed by atoms with Crippen LogP contribution in [0.5, 0.6) is 5.75 Å². The molecular weight excluding hydrogens is 230 g/mol. The number of aryl methyl sites for hydroxylation is 1. The van der Waals surface area contributed by atoms with Gasteiger partial charge in [-0.3, -0.25) is 0 Å². The highest BCUT2D eigenvalue weighted by Crippen LogP contribution is 2.35. The van der Waals surface area contributed by atoms with Gasteiger partial charge in [0.25, 0.3) is 0 Å². The maximum Gasteiger partial charge on any atom is 0.329 e. The van der Waals surface area contributed by atoms with Gasteiger partial charge in [-0.2, -0.15) is 0 Å². The average molecular weight is 249 g/mol. The van der Waals surface area contributed by atoms with Gasteiger partial charge < -0.3 is 15.2 Å². The van der Waals surface area contributed by atoms with Crippen molar-refractivity contribution >= 4 is 11.7 Å². The van der Waals surface area contributed by atoms with Crippen LogP contribution in [0.15, 0.2) is 18.2 Å². The van der Waals surface area contributed by atoms with Crippen LogP contribution in [0.2, 0.25) is 0 Å². The van der Waals surface area contributed by atoms with Crippen molar-refractivity contribution in [1.82, 2.24) is 0 Å². The fourth-order valence-electron chi connectivity index (χ4n) is 2.53. The predicted octanol–water partition coefficient (Wildman–Crippen LogP) is 2.81. The number of rotatable bonds is 4. The summed E-state index contributed by atoms with van der Waals surface area (Å²) in [5.41, 5.74) is 1.08. The minimum absolute atomic E-state index is 0.688. The molecule has 4 heteroatoms. The van der Waals surface area contributed by atoms with Crippen LogP contribution >= 0.6 is 0 Å². The van der Waals surface area contributed by atoms with Gasteiger partial charge in [0, 0.05) is 5.69 Å². The maximum atomic E-state index is 11.5. The highest BCUT2D eigenvalue weighted by Gasteiger charge is 2.41. The molecule has 1 aliphatic carbocycles.